The van der Waals surface area contributed by atoms with E-state index in [0.29, 0.717) is 0 Å². The zero-order chi connectivity index (χ0) is 37.0. The molecule has 1 N–H and O–H groups in total. The van der Waals surface area contributed by atoms with Crippen LogP contribution in [0.15, 0.2) is 103 Å². The van der Waals surface area contributed by atoms with Gasteiger partial charge in [0.15, 0.2) is 5.78 Å². The fraction of sp³-hybridized carbons (Fsp3) is 0.375. The van der Waals surface area contributed by atoms with E-state index in [1.807, 2.05) is 41.5 Å². The van der Waals surface area contributed by atoms with E-state index in [9.17, 15) is 9.90 Å². The third-order valence-corrected chi connectivity index (χ3v) is 11.6. The van der Waals surface area contributed by atoms with Crippen LogP contribution in [0, 0.1) is 16.9 Å². The number of allylic oxidation sites excluding steroid dienone is 2. The molecule has 0 saturated carbocycles. The third kappa shape index (κ3) is 8.67. The maximum absolute atomic E-state index is 12.2. The maximum atomic E-state index is 12.2. The van der Waals surface area contributed by atoms with E-state index < -0.39 is 0 Å². The molecule has 275 valence electrons. The number of carbonyl (C=O) groups excluding carboxylic acids is 1. The van der Waals surface area contributed by atoms with Gasteiger partial charge in [-0.2, -0.15) is 0 Å². The van der Waals surface area contributed by atoms with Gasteiger partial charge in [-0.1, -0.05) is 146 Å². The number of nitrogens with zero attached hydrogens (tertiary/aromatic N) is 1. The van der Waals surface area contributed by atoms with Crippen molar-refractivity contribution in [1.82, 2.24) is 4.98 Å². The number of aliphatic hydroxyl groups excluding tert-OH is 1. The summed E-state index contributed by atoms with van der Waals surface area (Å²) in [5.41, 5.74) is 10.8. The number of carbonyl (C=O) groups is 1. The summed E-state index contributed by atoms with van der Waals surface area (Å²) in [6.07, 6.45) is 8.92. The Morgan fingerprint density at radius 3 is 1.98 bits per heavy atom. The number of fused-ring (bicyclic) bond motifs is 4. The molecule has 0 fully saturated rings. The Morgan fingerprint density at radius 2 is 1.35 bits per heavy atom. The van der Waals surface area contributed by atoms with E-state index in [2.05, 4.69) is 118 Å². The van der Waals surface area contributed by atoms with Gasteiger partial charge in [0.1, 0.15) is 5.76 Å². The molecule has 6 rings (SSSR count). The summed E-state index contributed by atoms with van der Waals surface area (Å²) in [4.78, 5) is 17.1. The van der Waals surface area contributed by atoms with Crippen LogP contribution in [0.2, 0.25) is 0 Å². The molecule has 52 heavy (non-hydrogen) atoms. The van der Waals surface area contributed by atoms with Crippen LogP contribution in [0.25, 0.3) is 44.3 Å². The molecule has 5 aromatic rings. The average molecular weight is 871 g/mol. The average Bonchev–Trinajstić information content (AvgIpc) is 3.16. The zero-order valence-corrected chi connectivity index (χ0v) is 35.0. The Balaban J connectivity index is 0.000000289. The molecule has 0 saturated heterocycles. The van der Waals surface area contributed by atoms with Gasteiger partial charge < -0.3 is 5.11 Å². The SMILES string of the molecule is CC(C)(C)c1cc(-c2cc3c(cn2)CCc2cc(-c4ccccc4)ccc2-3)[c-]c2ccccc12.CCC(C)(CC)C(=O)/C=C(\O)C(C)(CC)CC.[Ir]. The van der Waals surface area contributed by atoms with Gasteiger partial charge in [0.05, 0.1) is 0 Å². The van der Waals surface area contributed by atoms with Crippen molar-refractivity contribution >= 4 is 16.6 Å². The van der Waals surface area contributed by atoms with Crippen molar-refractivity contribution in [1.29, 1.82) is 0 Å². The van der Waals surface area contributed by atoms with Gasteiger partial charge in [0.25, 0.3) is 0 Å². The molecule has 3 nitrogen and oxygen atoms in total. The Hall–Kier alpha value is -3.85. The Bertz CT molecular complexity index is 2030. The summed E-state index contributed by atoms with van der Waals surface area (Å²) in [6, 6.07) is 34.4. The van der Waals surface area contributed by atoms with Crippen molar-refractivity contribution < 1.29 is 30.0 Å². The van der Waals surface area contributed by atoms with Gasteiger partial charge in [-0.15, -0.1) is 29.1 Å². The molecule has 4 aromatic carbocycles. The molecule has 1 aliphatic carbocycles. The maximum Gasteiger partial charge on any atom is 0.164 e. The molecule has 0 aliphatic heterocycles. The molecule has 0 atom stereocenters. The molecule has 0 amide bonds. The van der Waals surface area contributed by atoms with Crippen molar-refractivity contribution in [2.75, 3.05) is 0 Å². The van der Waals surface area contributed by atoms with Gasteiger partial charge in [-0.05, 0) is 77.3 Å². The predicted molar refractivity (Wildman–Crippen MR) is 216 cm³/mol. The second-order valence-electron chi connectivity index (χ2n) is 15.8. The van der Waals surface area contributed by atoms with E-state index >= 15 is 0 Å². The topological polar surface area (TPSA) is 50.2 Å². The van der Waals surface area contributed by atoms with Gasteiger partial charge >= 0.3 is 0 Å². The normalized spacial score (nSPS) is 13.0. The fourth-order valence-corrected chi connectivity index (χ4v) is 6.90. The summed E-state index contributed by atoms with van der Waals surface area (Å²) in [5.74, 6) is 0.286. The summed E-state index contributed by atoms with van der Waals surface area (Å²) in [7, 11) is 0. The Morgan fingerprint density at radius 1 is 0.731 bits per heavy atom. The smallest absolute Gasteiger partial charge is 0.164 e. The van der Waals surface area contributed by atoms with Crippen molar-refractivity contribution in [2.24, 2.45) is 10.8 Å². The minimum absolute atomic E-state index is 0. The Labute approximate surface area is 326 Å². The predicted octanol–water partition coefficient (Wildman–Crippen LogP) is 13.1. The van der Waals surface area contributed by atoms with Crippen LogP contribution < -0.4 is 0 Å². The summed E-state index contributed by atoms with van der Waals surface area (Å²) in [5, 5.41) is 12.6. The molecule has 1 aromatic heterocycles. The number of rotatable bonds is 9. The summed E-state index contributed by atoms with van der Waals surface area (Å²) < 4.78 is 0. The molecule has 1 aliphatic rings. The van der Waals surface area contributed by atoms with Crippen molar-refractivity contribution in [2.45, 2.75) is 106 Å². The molecule has 1 radical (unpaired) electrons. The molecule has 0 bridgehead atoms. The quantitative estimate of drug-likeness (QED) is 0.0912. The van der Waals surface area contributed by atoms with E-state index in [-0.39, 0.29) is 47.9 Å². The molecule has 4 heteroatoms. The molecule has 0 spiro atoms. The van der Waals surface area contributed by atoms with Gasteiger partial charge in [-0.3, -0.25) is 9.78 Å². The number of hydrogen-bond donors (Lipinski definition) is 1. The first-order chi connectivity index (χ1) is 24.3. The van der Waals surface area contributed by atoms with Crippen LogP contribution in [0.4, 0.5) is 0 Å². The largest absolute Gasteiger partial charge is 0.512 e. The molecular weight excluding hydrogens is 815 g/mol. The summed E-state index contributed by atoms with van der Waals surface area (Å²) >= 11 is 0. The van der Waals surface area contributed by atoms with Crippen molar-refractivity contribution in [3.05, 3.63) is 126 Å². The van der Waals surface area contributed by atoms with E-state index in [4.69, 9.17) is 4.98 Å². The van der Waals surface area contributed by atoms with Crippen LogP contribution in [-0.4, -0.2) is 15.9 Å². The molecular formula is C48H56IrNO2-. The number of aryl methyl sites for hydroxylation is 2. The monoisotopic (exact) mass is 871 g/mol. The van der Waals surface area contributed by atoms with E-state index in [0.717, 1.165) is 55.2 Å². The summed E-state index contributed by atoms with van der Waals surface area (Å²) in [6.45, 7) is 18.9. The fourth-order valence-electron chi connectivity index (χ4n) is 6.90. The second kappa shape index (κ2) is 16.9. The number of aliphatic hydroxyl groups is 1. The first kappa shape index (κ1) is 40.9. The number of benzene rings is 4. The minimum Gasteiger partial charge on any atom is -0.512 e. The standard InChI is InChI=1S/C33H28N.C15H28O2.Ir/c1-33(2,3)31-19-27(18-24-11-7-8-12-29(24)31)32-20-30-26(21-34-32)14-13-25-17-23(15-16-28(25)30)22-9-5-4-6-10-22;1-7-14(5,8-2)12(16)11-13(17)15(6,9-3)10-4;/h4-12,15-17,19-21H,13-14H2,1-3H3;11,16H,7-10H2,1-6H3;/q-1;;/b;12-11-;. The Kier molecular flexibility index (Phi) is 13.3. The van der Waals surface area contributed by atoms with Crippen LogP contribution in [-0.2, 0) is 43.2 Å². The van der Waals surface area contributed by atoms with Crippen LogP contribution >= 0.6 is 0 Å². The number of ketones is 1. The van der Waals surface area contributed by atoms with Gasteiger partial charge in [0.2, 0.25) is 0 Å². The molecule has 0 unspecified atom stereocenters. The number of hydrogen-bond acceptors (Lipinski definition) is 3. The number of aromatic nitrogens is 1. The van der Waals surface area contributed by atoms with Crippen LogP contribution in [0.1, 0.15) is 105 Å². The van der Waals surface area contributed by atoms with Gasteiger partial charge in [0, 0.05) is 48.9 Å². The van der Waals surface area contributed by atoms with Crippen molar-refractivity contribution in [3.63, 3.8) is 0 Å². The van der Waals surface area contributed by atoms with Crippen molar-refractivity contribution in [3.8, 4) is 33.5 Å². The van der Waals surface area contributed by atoms with Crippen LogP contribution in [0.5, 0.6) is 0 Å². The zero-order valence-electron chi connectivity index (χ0n) is 32.6. The third-order valence-electron chi connectivity index (χ3n) is 11.6. The second-order valence-corrected chi connectivity index (χ2v) is 15.8. The van der Waals surface area contributed by atoms with E-state index in [1.165, 1.54) is 50.4 Å². The van der Waals surface area contributed by atoms with E-state index in [1.54, 1.807) is 0 Å². The first-order valence-electron chi connectivity index (χ1n) is 18.9. The van der Waals surface area contributed by atoms with Gasteiger partial charge in [-0.25, -0.2) is 0 Å². The van der Waals surface area contributed by atoms with Crippen LogP contribution in [0.3, 0.4) is 0 Å². The number of pyridine rings is 1. The first-order valence-corrected chi connectivity index (χ1v) is 18.9. The molecule has 1 heterocycles. The minimum atomic E-state index is -0.337.